The molecule has 0 spiro atoms. The highest BCUT2D eigenvalue weighted by Gasteiger charge is 2.38. The summed E-state index contributed by atoms with van der Waals surface area (Å²) in [4.78, 5) is 12.4. The smallest absolute Gasteiger partial charge is 0.256 e. The second kappa shape index (κ2) is 5.44. The van der Waals surface area contributed by atoms with Gasteiger partial charge in [-0.1, -0.05) is 0 Å². The SMILES string of the molecule is CC1(C(=O)Nc2cc3c(cc2N)OCCCO3)CCCO1. The van der Waals surface area contributed by atoms with E-state index in [0.29, 0.717) is 49.1 Å². The number of benzene rings is 1. The highest BCUT2D eigenvalue weighted by molar-refractivity contribution is 5.99. The molecule has 3 N–H and O–H groups in total. The molecule has 2 aliphatic rings. The lowest BCUT2D eigenvalue weighted by Crippen LogP contribution is -2.39. The second-order valence-corrected chi connectivity index (χ2v) is 5.57. The first kappa shape index (κ1) is 14.0. The molecule has 1 saturated heterocycles. The molecule has 2 heterocycles. The zero-order valence-electron chi connectivity index (χ0n) is 12.1. The molecule has 6 nitrogen and oxygen atoms in total. The van der Waals surface area contributed by atoms with Crippen LogP contribution < -0.4 is 20.5 Å². The van der Waals surface area contributed by atoms with Crippen LogP contribution in [0.3, 0.4) is 0 Å². The quantitative estimate of drug-likeness (QED) is 0.814. The van der Waals surface area contributed by atoms with Crippen molar-refractivity contribution in [2.45, 2.75) is 31.8 Å². The Balaban J connectivity index is 1.82. The van der Waals surface area contributed by atoms with Crippen molar-refractivity contribution in [2.75, 3.05) is 30.9 Å². The summed E-state index contributed by atoms with van der Waals surface area (Å²) >= 11 is 0. The van der Waals surface area contributed by atoms with Crippen LogP contribution in [0.25, 0.3) is 0 Å². The van der Waals surface area contributed by atoms with Gasteiger partial charge in [-0.25, -0.2) is 0 Å². The maximum Gasteiger partial charge on any atom is 0.256 e. The molecule has 21 heavy (non-hydrogen) atoms. The zero-order chi connectivity index (χ0) is 14.9. The van der Waals surface area contributed by atoms with E-state index in [9.17, 15) is 4.79 Å². The number of hydrogen-bond acceptors (Lipinski definition) is 5. The maximum absolute atomic E-state index is 12.4. The molecule has 1 aromatic rings. The first-order chi connectivity index (χ1) is 10.1. The van der Waals surface area contributed by atoms with E-state index < -0.39 is 5.60 Å². The van der Waals surface area contributed by atoms with E-state index >= 15 is 0 Å². The lowest BCUT2D eigenvalue weighted by molar-refractivity contribution is -0.133. The van der Waals surface area contributed by atoms with E-state index in [1.54, 1.807) is 19.1 Å². The van der Waals surface area contributed by atoms with Crippen molar-refractivity contribution in [3.8, 4) is 11.5 Å². The third kappa shape index (κ3) is 2.76. The Bertz CT molecular complexity index is 553. The molecule has 1 atom stereocenters. The number of rotatable bonds is 2. The summed E-state index contributed by atoms with van der Waals surface area (Å²) in [5.74, 6) is 1.04. The summed E-state index contributed by atoms with van der Waals surface area (Å²) in [7, 11) is 0. The highest BCUT2D eigenvalue weighted by atomic mass is 16.5. The predicted octanol–water partition coefficient (Wildman–Crippen LogP) is 1.94. The molecule has 3 rings (SSSR count). The van der Waals surface area contributed by atoms with Gasteiger partial charge in [0.25, 0.3) is 5.91 Å². The van der Waals surface area contributed by atoms with Crippen LogP contribution in [0.4, 0.5) is 11.4 Å². The summed E-state index contributed by atoms with van der Waals surface area (Å²) in [5, 5.41) is 2.84. The van der Waals surface area contributed by atoms with Crippen LogP contribution >= 0.6 is 0 Å². The van der Waals surface area contributed by atoms with Gasteiger partial charge in [0.05, 0.1) is 24.6 Å². The molecular formula is C15H20N2O4. The number of fused-ring (bicyclic) bond motifs is 1. The Morgan fingerprint density at radius 1 is 1.19 bits per heavy atom. The number of nitrogens with one attached hydrogen (secondary N) is 1. The normalized spacial score (nSPS) is 24.4. The average Bonchev–Trinajstić information content (AvgIpc) is 2.78. The topological polar surface area (TPSA) is 82.8 Å². The van der Waals surface area contributed by atoms with Gasteiger partial charge in [-0.2, -0.15) is 0 Å². The van der Waals surface area contributed by atoms with Crippen LogP contribution in [-0.4, -0.2) is 31.3 Å². The molecule has 0 radical (unpaired) electrons. The molecule has 6 heteroatoms. The third-order valence-corrected chi connectivity index (χ3v) is 3.87. The largest absolute Gasteiger partial charge is 0.489 e. The lowest BCUT2D eigenvalue weighted by Gasteiger charge is -2.22. The van der Waals surface area contributed by atoms with E-state index in [0.717, 1.165) is 12.8 Å². The van der Waals surface area contributed by atoms with Gasteiger partial charge in [-0.3, -0.25) is 4.79 Å². The second-order valence-electron chi connectivity index (χ2n) is 5.57. The summed E-state index contributed by atoms with van der Waals surface area (Å²) in [6.45, 7) is 3.60. The zero-order valence-corrected chi connectivity index (χ0v) is 12.1. The van der Waals surface area contributed by atoms with Gasteiger partial charge in [-0.05, 0) is 19.8 Å². The molecule has 0 aliphatic carbocycles. The molecule has 1 aromatic carbocycles. The van der Waals surface area contributed by atoms with Crippen molar-refractivity contribution in [2.24, 2.45) is 0 Å². The third-order valence-electron chi connectivity index (χ3n) is 3.87. The van der Waals surface area contributed by atoms with Gasteiger partial charge >= 0.3 is 0 Å². The van der Waals surface area contributed by atoms with Crippen LogP contribution in [0.1, 0.15) is 26.2 Å². The number of carbonyl (C=O) groups is 1. The van der Waals surface area contributed by atoms with Crippen molar-refractivity contribution in [1.82, 2.24) is 0 Å². The van der Waals surface area contributed by atoms with Gasteiger partial charge in [0, 0.05) is 25.2 Å². The molecule has 1 fully saturated rings. The first-order valence-electron chi connectivity index (χ1n) is 7.23. The number of nitrogens with two attached hydrogens (primary N) is 1. The monoisotopic (exact) mass is 292 g/mol. The van der Waals surface area contributed by atoms with Gasteiger partial charge in [0.2, 0.25) is 0 Å². The number of ether oxygens (including phenoxy) is 3. The molecule has 114 valence electrons. The molecule has 2 aliphatic heterocycles. The summed E-state index contributed by atoms with van der Waals surface area (Å²) in [5.41, 5.74) is 6.20. The van der Waals surface area contributed by atoms with E-state index in [2.05, 4.69) is 5.32 Å². The van der Waals surface area contributed by atoms with Crippen LogP contribution in [0, 0.1) is 0 Å². The van der Waals surface area contributed by atoms with Crippen molar-refractivity contribution in [1.29, 1.82) is 0 Å². The average molecular weight is 292 g/mol. The summed E-state index contributed by atoms with van der Waals surface area (Å²) in [6, 6.07) is 3.40. The molecule has 1 unspecified atom stereocenters. The lowest BCUT2D eigenvalue weighted by atomic mass is 10.0. The number of nitrogen functional groups attached to an aromatic ring is 1. The Hall–Kier alpha value is -1.95. The minimum absolute atomic E-state index is 0.179. The van der Waals surface area contributed by atoms with Crippen molar-refractivity contribution >= 4 is 17.3 Å². The van der Waals surface area contributed by atoms with Crippen molar-refractivity contribution in [3.63, 3.8) is 0 Å². The Kier molecular flexibility index (Phi) is 3.63. The molecule has 0 saturated carbocycles. The van der Waals surface area contributed by atoms with E-state index in [4.69, 9.17) is 19.9 Å². The van der Waals surface area contributed by atoms with Crippen molar-refractivity contribution in [3.05, 3.63) is 12.1 Å². The van der Waals surface area contributed by atoms with E-state index in [-0.39, 0.29) is 5.91 Å². The van der Waals surface area contributed by atoms with Crippen LogP contribution in [-0.2, 0) is 9.53 Å². The molecule has 0 aromatic heterocycles. The van der Waals surface area contributed by atoms with Gasteiger partial charge in [0.1, 0.15) is 5.60 Å². The fraction of sp³-hybridized carbons (Fsp3) is 0.533. The number of carbonyl (C=O) groups excluding carboxylic acids is 1. The number of anilines is 2. The fourth-order valence-electron chi connectivity index (χ4n) is 2.55. The van der Waals surface area contributed by atoms with Crippen molar-refractivity contribution < 1.29 is 19.0 Å². The Morgan fingerprint density at radius 3 is 2.57 bits per heavy atom. The van der Waals surface area contributed by atoms with E-state index in [1.807, 2.05) is 0 Å². The maximum atomic E-state index is 12.4. The molecular weight excluding hydrogens is 272 g/mol. The van der Waals surface area contributed by atoms with Crippen LogP contribution in [0.15, 0.2) is 12.1 Å². The summed E-state index contributed by atoms with van der Waals surface area (Å²) < 4.78 is 16.7. The van der Waals surface area contributed by atoms with Gasteiger partial charge in [-0.15, -0.1) is 0 Å². The first-order valence-corrected chi connectivity index (χ1v) is 7.23. The summed E-state index contributed by atoms with van der Waals surface area (Å²) in [6.07, 6.45) is 2.42. The van der Waals surface area contributed by atoms with Gasteiger partial charge in [0.15, 0.2) is 11.5 Å². The fourth-order valence-corrected chi connectivity index (χ4v) is 2.55. The van der Waals surface area contributed by atoms with Crippen LogP contribution in [0.5, 0.6) is 11.5 Å². The Labute approximate surface area is 123 Å². The minimum Gasteiger partial charge on any atom is -0.489 e. The number of hydrogen-bond donors (Lipinski definition) is 2. The minimum atomic E-state index is -0.781. The highest BCUT2D eigenvalue weighted by Crippen LogP contribution is 2.37. The number of amides is 1. The Morgan fingerprint density at radius 2 is 1.90 bits per heavy atom. The van der Waals surface area contributed by atoms with Crippen LogP contribution in [0.2, 0.25) is 0 Å². The molecule has 1 amide bonds. The standard InChI is InChI=1S/C15H20N2O4/c1-15(4-2-7-21-15)14(18)17-11-9-13-12(8-10(11)16)19-5-3-6-20-13/h8-9H,2-7,16H2,1H3,(H,17,18). The van der Waals surface area contributed by atoms with E-state index in [1.165, 1.54) is 0 Å². The van der Waals surface area contributed by atoms with Gasteiger partial charge < -0.3 is 25.3 Å². The molecule has 0 bridgehead atoms. The predicted molar refractivity (Wildman–Crippen MR) is 78.7 cm³/mol.